The lowest BCUT2D eigenvalue weighted by atomic mass is 10.0. The van der Waals surface area contributed by atoms with E-state index in [1.807, 2.05) is 60.8 Å². The Hall–Kier alpha value is -3.05. The number of amides is 1. The summed E-state index contributed by atoms with van der Waals surface area (Å²) in [6, 6.07) is 15.7. The Labute approximate surface area is 155 Å². The van der Waals surface area contributed by atoms with Gasteiger partial charge in [-0.15, -0.1) is 11.3 Å². The molecule has 0 saturated carbocycles. The molecule has 0 saturated heterocycles. The smallest absolute Gasteiger partial charge is 0.252 e. The Morgan fingerprint density at radius 1 is 1.15 bits per heavy atom. The number of nitrogens with zero attached hydrogens (tertiary/aromatic N) is 2. The van der Waals surface area contributed by atoms with Crippen molar-refractivity contribution in [1.82, 2.24) is 15.3 Å². The van der Waals surface area contributed by atoms with Crippen molar-refractivity contribution in [2.45, 2.75) is 13.5 Å². The molecule has 26 heavy (non-hydrogen) atoms. The molecule has 0 radical (unpaired) electrons. The number of hydrogen-bond acceptors (Lipinski definition) is 4. The van der Waals surface area contributed by atoms with Crippen molar-refractivity contribution in [3.63, 3.8) is 0 Å². The maximum Gasteiger partial charge on any atom is 0.252 e. The maximum absolute atomic E-state index is 12.9. The third-order valence-corrected chi connectivity index (χ3v) is 5.05. The molecule has 5 heteroatoms. The van der Waals surface area contributed by atoms with Crippen LogP contribution in [0.1, 0.15) is 21.5 Å². The lowest BCUT2D eigenvalue weighted by Gasteiger charge is -2.11. The minimum absolute atomic E-state index is 0.107. The first-order chi connectivity index (χ1) is 12.7. The molecule has 4 nitrogen and oxygen atoms in total. The molecule has 3 aromatic heterocycles. The number of nitrogens with one attached hydrogen (secondary N) is 1. The molecule has 4 rings (SSSR count). The van der Waals surface area contributed by atoms with Crippen LogP contribution in [0.15, 0.2) is 66.3 Å². The van der Waals surface area contributed by atoms with Crippen LogP contribution in [0.2, 0.25) is 0 Å². The topological polar surface area (TPSA) is 54.9 Å². The van der Waals surface area contributed by atoms with E-state index in [0.717, 1.165) is 32.6 Å². The first kappa shape index (κ1) is 16.4. The standard InChI is InChI=1S/C21H17N3OS/c1-14-6-7-18-16(10-14)17(11-19(24-18)20-5-3-9-26-20)21(25)23-13-15-4-2-8-22-12-15/h2-12H,13H2,1H3,(H,23,25). The normalized spacial score (nSPS) is 10.8. The zero-order valence-electron chi connectivity index (χ0n) is 14.3. The van der Waals surface area contributed by atoms with Crippen molar-refractivity contribution in [2.75, 3.05) is 0 Å². The molecular formula is C21H17N3OS. The van der Waals surface area contributed by atoms with Gasteiger partial charge in [-0.25, -0.2) is 4.98 Å². The zero-order chi connectivity index (χ0) is 17.9. The van der Waals surface area contributed by atoms with E-state index < -0.39 is 0 Å². The van der Waals surface area contributed by atoms with E-state index in [4.69, 9.17) is 4.98 Å². The fourth-order valence-electron chi connectivity index (χ4n) is 2.86. The second-order valence-electron chi connectivity index (χ2n) is 6.10. The Balaban J connectivity index is 1.74. The molecule has 1 N–H and O–H groups in total. The van der Waals surface area contributed by atoms with Crippen LogP contribution in [0.3, 0.4) is 0 Å². The summed E-state index contributed by atoms with van der Waals surface area (Å²) in [5, 5.41) is 5.88. The zero-order valence-corrected chi connectivity index (χ0v) is 15.1. The molecule has 0 aliphatic heterocycles. The Morgan fingerprint density at radius 3 is 2.85 bits per heavy atom. The van der Waals surface area contributed by atoms with E-state index in [2.05, 4.69) is 10.3 Å². The molecule has 3 heterocycles. The molecular weight excluding hydrogens is 342 g/mol. The Bertz CT molecular complexity index is 1060. The van der Waals surface area contributed by atoms with Crippen LogP contribution in [-0.2, 0) is 6.54 Å². The van der Waals surface area contributed by atoms with Gasteiger partial charge in [0, 0.05) is 24.3 Å². The average molecular weight is 359 g/mol. The molecule has 128 valence electrons. The Kier molecular flexibility index (Phi) is 4.46. The monoisotopic (exact) mass is 359 g/mol. The van der Waals surface area contributed by atoms with Crippen molar-refractivity contribution < 1.29 is 4.79 Å². The number of thiophene rings is 1. The first-order valence-electron chi connectivity index (χ1n) is 8.33. The molecule has 0 atom stereocenters. The fraction of sp³-hybridized carbons (Fsp3) is 0.0952. The molecule has 0 aliphatic carbocycles. The predicted octanol–water partition coefficient (Wildman–Crippen LogP) is 4.60. The first-order valence-corrected chi connectivity index (χ1v) is 9.21. The number of rotatable bonds is 4. The van der Waals surface area contributed by atoms with Crippen molar-refractivity contribution in [2.24, 2.45) is 0 Å². The summed E-state index contributed by atoms with van der Waals surface area (Å²) < 4.78 is 0. The summed E-state index contributed by atoms with van der Waals surface area (Å²) in [6.07, 6.45) is 3.48. The van der Waals surface area contributed by atoms with E-state index in [-0.39, 0.29) is 5.91 Å². The van der Waals surface area contributed by atoms with Crippen LogP contribution in [0, 0.1) is 6.92 Å². The van der Waals surface area contributed by atoms with Gasteiger partial charge in [-0.1, -0.05) is 23.8 Å². The fourth-order valence-corrected chi connectivity index (χ4v) is 3.54. The summed E-state index contributed by atoms with van der Waals surface area (Å²) in [4.78, 5) is 22.8. The lowest BCUT2D eigenvalue weighted by Crippen LogP contribution is -2.23. The van der Waals surface area contributed by atoms with E-state index in [0.29, 0.717) is 12.1 Å². The second kappa shape index (κ2) is 7.06. The van der Waals surface area contributed by atoms with Crippen LogP contribution >= 0.6 is 11.3 Å². The van der Waals surface area contributed by atoms with Crippen LogP contribution < -0.4 is 5.32 Å². The number of aryl methyl sites for hydroxylation is 1. The molecule has 0 fully saturated rings. The van der Waals surface area contributed by atoms with E-state index in [1.54, 1.807) is 23.7 Å². The summed E-state index contributed by atoms with van der Waals surface area (Å²) in [5.74, 6) is -0.107. The lowest BCUT2D eigenvalue weighted by molar-refractivity contribution is 0.0952. The van der Waals surface area contributed by atoms with Crippen LogP contribution in [0.4, 0.5) is 0 Å². The van der Waals surface area contributed by atoms with Crippen molar-refractivity contribution in [3.05, 3.63) is 83.0 Å². The highest BCUT2D eigenvalue weighted by atomic mass is 32.1. The highest BCUT2D eigenvalue weighted by Gasteiger charge is 2.14. The summed E-state index contributed by atoms with van der Waals surface area (Å²) >= 11 is 1.62. The molecule has 0 unspecified atom stereocenters. The van der Waals surface area contributed by atoms with Gasteiger partial charge in [-0.05, 0) is 48.2 Å². The third kappa shape index (κ3) is 3.34. The number of carbonyl (C=O) groups is 1. The van der Waals surface area contributed by atoms with Gasteiger partial charge in [0.15, 0.2) is 0 Å². The quantitative estimate of drug-likeness (QED) is 0.579. The minimum Gasteiger partial charge on any atom is -0.348 e. The maximum atomic E-state index is 12.9. The largest absolute Gasteiger partial charge is 0.348 e. The number of aromatic nitrogens is 2. The number of carbonyl (C=O) groups excluding carboxylic acids is 1. The van der Waals surface area contributed by atoms with Gasteiger partial charge in [-0.2, -0.15) is 0 Å². The van der Waals surface area contributed by atoms with E-state index in [9.17, 15) is 4.79 Å². The number of pyridine rings is 2. The average Bonchev–Trinajstić information content (AvgIpc) is 3.21. The summed E-state index contributed by atoms with van der Waals surface area (Å²) in [5.41, 5.74) is 4.36. The highest BCUT2D eigenvalue weighted by molar-refractivity contribution is 7.13. The summed E-state index contributed by atoms with van der Waals surface area (Å²) in [7, 11) is 0. The van der Waals surface area contributed by atoms with Gasteiger partial charge in [0.2, 0.25) is 0 Å². The van der Waals surface area contributed by atoms with E-state index in [1.165, 1.54) is 0 Å². The van der Waals surface area contributed by atoms with Crippen LogP contribution in [0.25, 0.3) is 21.5 Å². The molecule has 1 amide bonds. The highest BCUT2D eigenvalue weighted by Crippen LogP contribution is 2.28. The second-order valence-corrected chi connectivity index (χ2v) is 7.04. The molecule has 1 aromatic carbocycles. The predicted molar refractivity (Wildman–Crippen MR) is 105 cm³/mol. The van der Waals surface area contributed by atoms with Crippen LogP contribution in [-0.4, -0.2) is 15.9 Å². The number of fused-ring (bicyclic) bond motifs is 1. The summed E-state index contributed by atoms with van der Waals surface area (Å²) in [6.45, 7) is 2.46. The molecule has 4 aromatic rings. The number of benzene rings is 1. The molecule has 0 aliphatic rings. The van der Waals surface area contributed by atoms with Gasteiger partial charge >= 0.3 is 0 Å². The van der Waals surface area contributed by atoms with Crippen molar-refractivity contribution in [3.8, 4) is 10.6 Å². The van der Waals surface area contributed by atoms with Gasteiger partial charge < -0.3 is 5.32 Å². The van der Waals surface area contributed by atoms with Crippen molar-refractivity contribution >= 4 is 28.1 Å². The van der Waals surface area contributed by atoms with Gasteiger partial charge in [0.25, 0.3) is 5.91 Å². The SMILES string of the molecule is Cc1ccc2nc(-c3cccs3)cc(C(=O)NCc3cccnc3)c2c1. The van der Waals surface area contributed by atoms with Gasteiger partial charge in [0.1, 0.15) is 0 Å². The Morgan fingerprint density at radius 2 is 2.08 bits per heavy atom. The van der Waals surface area contributed by atoms with E-state index >= 15 is 0 Å². The molecule has 0 bridgehead atoms. The minimum atomic E-state index is -0.107. The third-order valence-electron chi connectivity index (χ3n) is 4.16. The van der Waals surface area contributed by atoms with Gasteiger partial charge in [-0.3, -0.25) is 9.78 Å². The van der Waals surface area contributed by atoms with Gasteiger partial charge in [0.05, 0.1) is 21.7 Å². The van der Waals surface area contributed by atoms with Crippen LogP contribution in [0.5, 0.6) is 0 Å². The van der Waals surface area contributed by atoms with Crippen molar-refractivity contribution in [1.29, 1.82) is 0 Å². The number of hydrogen-bond donors (Lipinski definition) is 1. The molecule has 0 spiro atoms.